The summed E-state index contributed by atoms with van der Waals surface area (Å²) in [6.07, 6.45) is 0. The number of nitrogens with one attached hydrogen (secondary N) is 2. The quantitative estimate of drug-likeness (QED) is 0.734. The van der Waals surface area contributed by atoms with Crippen LogP contribution in [0.2, 0.25) is 0 Å². The maximum Gasteiger partial charge on any atom is 0.323 e. The maximum absolute atomic E-state index is 11.8. The Kier molecular flexibility index (Phi) is 4.23. The van der Waals surface area contributed by atoms with Gasteiger partial charge in [-0.2, -0.15) is 5.26 Å². The van der Waals surface area contributed by atoms with Gasteiger partial charge >= 0.3 is 6.03 Å². The predicted molar refractivity (Wildman–Crippen MR) is 79.6 cm³/mol. The lowest BCUT2D eigenvalue weighted by Gasteiger charge is -2.10. The van der Waals surface area contributed by atoms with Crippen LogP contribution in [0.4, 0.5) is 16.2 Å². The van der Waals surface area contributed by atoms with Crippen LogP contribution in [0.1, 0.15) is 5.56 Å². The van der Waals surface area contributed by atoms with Crippen LogP contribution < -0.4 is 10.6 Å². The van der Waals surface area contributed by atoms with Crippen molar-refractivity contribution in [2.75, 3.05) is 10.6 Å². The average molecular weight is 332 g/mol. The topological polar surface area (TPSA) is 85.2 Å². The highest BCUT2D eigenvalue weighted by Gasteiger charge is 2.08. The summed E-state index contributed by atoms with van der Waals surface area (Å²) in [5.74, 6) is -0.105. The molecule has 0 aliphatic heterocycles. The number of amides is 2. The number of urea groups is 1. The van der Waals surface area contributed by atoms with E-state index in [-0.39, 0.29) is 11.4 Å². The smallest absolute Gasteiger partial charge is 0.323 e. The molecule has 0 spiro atoms. The molecule has 0 radical (unpaired) electrons. The summed E-state index contributed by atoms with van der Waals surface area (Å²) >= 11 is 3.31. The molecule has 0 saturated heterocycles. The van der Waals surface area contributed by atoms with E-state index in [0.717, 1.165) is 4.47 Å². The minimum atomic E-state index is -0.512. The molecule has 2 aromatic rings. The number of hydrogen-bond donors (Lipinski definition) is 3. The van der Waals surface area contributed by atoms with E-state index >= 15 is 0 Å². The lowest BCUT2D eigenvalue weighted by molar-refractivity contribution is 0.262. The van der Waals surface area contributed by atoms with Crippen LogP contribution in [0.5, 0.6) is 5.75 Å². The van der Waals surface area contributed by atoms with E-state index in [1.807, 2.05) is 12.1 Å². The second-order valence-electron chi connectivity index (χ2n) is 3.90. The molecule has 6 heteroatoms. The van der Waals surface area contributed by atoms with Crippen molar-refractivity contribution in [1.29, 1.82) is 5.26 Å². The number of anilines is 2. The number of hydrogen-bond acceptors (Lipinski definition) is 3. The lowest BCUT2D eigenvalue weighted by atomic mass is 10.2. The van der Waals surface area contributed by atoms with Gasteiger partial charge in [0.25, 0.3) is 0 Å². The van der Waals surface area contributed by atoms with Crippen molar-refractivity contribution in [3.05, 3.63) is 52.5 Å². The maximum atomic E-state index is 11.8. The van der Waals surface area contributed by atoms with Crippen molar-refractivity contribution in [3.63, 3.8) is 0 Å². The molecule has 2 rings (SSSR count). The molecule has 3 N–H and O–H groups in total. The molecular formula is C14H10BrN3O2. The molecule has 0 saturated carbocycles. The van der Waals surface area contributed by atoms with Gasteiger partial charge < -0.3 is 15.7 Å². The van der Waals surface area contributed by atoms with E-state index in [9.17, 15) is 9.90 Å². The number of phenols is 1. The predicted octanol–water partition coefficient (Wildman–Crippen LogP) is 3.67. The fourth-order valence-corrected chi connectivity index (χ4v) is 1.93. The number of rotatable bonds is 2. The van der Waals surface area contributed by atoms with Crippen LogP contribution in [0, 0.1) is 11.3 Å². The number of phenolic OH excluding ortho intramolecular Hbond substituents is 1. The van der Waals surface area contributed by atoms with E-state index in [2.05, 4.69) is 26.6 Å². The SMILES string of the molecule is N#Cc1ccc(O)c(NC(=O)Nc2ccccc2Br)c1. The molecule has 0 aromatic heterocycles. The Morgan fingerprint density at radius 1 is 1.15 bits per heavy atom. The molecule has 2 amide bonds. The van der Waals surface area contributed by atoms with Crippen LogP contribution in [0.3, 0.4) is 0 Å². The molecule has 0 aliphatic rings. The summed E-state index contributed by atoms with van der Waals surface area (Å²) in [6, 6.07) is 12.8. The third kappa shape index (κ3) is 3.28. The van der Waals surface area contributed by atoms with Gasteiger partial charge in [-0.05, 0) is 46.3 Å². The number of halogens is 1. The highest BCUT2D eigenvalue weighted by atomic mass is 79.9. The summed E-state index contributed by atoms with van der Waals surface area (Å²) in [5.41, 5.74) is 1.12. The molecule has 100 valence electrons. The first-order valence-electron chi connectivity index (χ1n) is 5.66. The molecule has 5 nitrogen and oxygen atoms in total. The first kappa shape index (κ1) is 13.9. The molecule has 0 fully saturated rings. The third-order valence-corrected chi connectivity index (χ3v) is 3.19. The Balaban J connectivity index is 2.13. The van der Waals surface area contributed by atoms with Gasteiger partial charge in [0.15, 0.2) is 0 Å². The standard InChI is InChI=1S/C14H10BrN3O2/c15-10-3-1-2-4-11(10)17-14(20)18-12-7-9(8-16)5-6-13(12)19/h1-7,19H,(H2,17,18,20). The van der Waals surface area contributed by atoms with Crippen LogP contribution in [-0.2, 0) is 0 Å². The molecular weight excluding hydrogens is 322 g/mol. The van der Waals surface area contributed by atoms with Crippen LogP contribution >= 0.6 is 15.9 Å². The Labute approximate surface area is 124 Å². The Bertz CT molecular complexity index is 695. The van der Waals surface area contributed by atoms with Gasteiger partial charge in [0.2, 0.25) is 0 Å². The first-order valence-corrected chi connectivity index (χ1v) is 6.45. The minimum absolute atomic E-state index is 0.105. The van der Waals surface area contributed by atoms with Crippen molar-refractivity contribution < 1.29 is 9.90 Å². The zero-order valence-corrected chi connectivity index (χ0v) is 11.8. The minimum Gasteiger partial charge on any atom is -0.506 e. The summed E-state index contributed by atoms with van der Waals surface area (Å²) in [7, 11) is 0. The fraction of sp³-hybridized carbons (Fsp3) is 0. The molecule has 0 bridgehead atoms. The monoisotopic (exact) mass is 331 g/mol. The second kappa shape index (κ2) is 6.08. The van der Waals surface area contributed by atoms with Gasteiger partial charge in [0.05, 0.1) is 23.0 Å². The highest BCUT2D eigenvalue weighted by molar-refractivity contribution is 9.10. The number of carbonyl (C=O) groups is 1. The van der Waals surface area contributed by atoms with E-state index in [0.29, 0.717) is 11.3 Å². The second-order valence-corrected chi connectivity index (χ2v) is 4.76. The lowest BCUT2D eigenvalue weighted by Crippen LogP contribution is -2.19. The summed E-state index contributed by atoms with van der Waals surface area (Å²) in [6.45, 7) is 0. The molecule has 20 heavy (non-hydrogen) atoms. The summed E-state index contributed by atoms with van der Waals surface area (Å²) in [5, 5.41) is 23.6. The Morgan fingerprint density at radius 2 is 1.85 bits per heavy atom. The van der Waals surface area contributed by atoms with Gasteiger partial charge in [-0.1, -0.05) is 12.1 Å². The highest BCUT2D eigenvalue weighted by Crippen LogP contribution is 2.25. The van der Waals surface area contributed by atoms with Crippen LogP contribution in [-0.4, -0.2) is 11.1 Å². The van der Waals surface area contributed by atoms with Crippen molar-refractivity contribution in [1.82, 2.24) is 0 Å². The van der Waals surface area contributed by atoms with Crippen molar-refractivity contribution in [2.45, 2.75) is 0 Å². The summed E-state index contributed by atoms with van der Waals surface area (Å²) in [4.78, 5) is 11.8. The molecule has 2 aromatic carbocycles. The third-order valence-electron chi connectivity index (χ3n) is 2.50. The molecule has 0 heterocycles. The van der Waals surface area contributed by atoms with E-state index in [1.54, 1.807) is 18.2 Å². The molecule has 0 atom stereocenters. The van der Waals surface area contributed by atoms with Gasteiger partial charge in [-0.25, -0.2) is 4.79 Å². The van der Waals surface area contributed by atoms with E-state index in [1.165, 1.54) is 18.2 Å². The van der Waals surface area contributed by atoms with Gasteiger partial charge in [0, 0.05) is 4.47 Å². The van der Waals surface area contributed by atoms with Crippen molar-refractivity contribution in [2.24, 2.45) is 0 Å². The number of aromatic hydroxyl groups is 1. The van der Waals surface area contributed by atoms with Gasteiger partial charge in [-0.15, -0.1) is 0 Å². The zero-order chi connectivity index (χ0) is 14.5. The largest absolute Gasteiger partial charge is 0.506 e. The Hall–Kier alpha value is -2.52. The van der Waals surface area contributed by atoms with Crippen LogP contribution in [0.25, 0.3) is 0 Å². The number of nitrogens with zero attached hydrogens (tertiary/aromatic N) is 1. The molecule has 0 unspecified atom stereocenters. The number of carbonyl (C=O) groups excluding carboxylic acids is 1. The number of para-hydroxylation sites is 1. The van der Waals surface area contributed by atoms with Crippen LogP contribution in [0.15, 0.2) is 46.9 Å². The van der Waals surface area contributed by atoms with E-state index < -0.39 is 6.03 Å². The number of benzene rings is 2. The fourth-order valence-electron chi connectivity index (χ4n) is 1.54. The molecule has 0 aliphatic carbocycles. The van der Waals surface area contributed by atoms with Crippen molar-refractivity contribution in [3.8, 4) is 11.8 Å². The summed E-state index contributed by atoms with van der Waals surface area (Å²) < 4.78 is 0.741. The average Bonchev–Trinajstić information content (AvgIpc) is 2.44. The van der Waals surface area contributed by atoms with Gasteiger partial charge in [-0.3, -0.25) is 0 Å². The van der Waals surface area contributed by atoms with Crippen molar-refractivity contribution >= 4 is 33.3 Å². The first-order chi connectivity index (χ1) is 9.60. The normalized spacial score (nSPS) is 9.60. The van der Waals surface area contributed by atoms with E-state index in [4.69, 9.17) is 5.26 Å². The van der Waals surface area contributed by atoms with Gasteiger partial charge in [0.1, 0.15) is 5.75 Å². The Morgan fingerprint density at radius 3 is 2.55 bits per heavy atom. The zero-order valence-electron chi connectivity index (χ0n) is 10.2. The number of nitriles is 1.